The monoisotopic (exact) mass is 410 g/mol. The Morgan fingerprint density at radius 1 is 1.23 bits per heavy atom. The highest BCUT2D eigenvalue weighted by atomic mass is 32.2. The molecule has 1 aliphatic heterocycles. The van der Waals surface area contributed by atoms with Crippen molar-refractivity contribution in [3.8, 4) is 0 Å². The highest BCUT2D eigenvalue weighted by Crippen LogP contribution is 2.52. The summed E-state index contributed by atoms with van der Waals surface area (Å²) in [6.45, 7) is 5.64. The van der Waals surface area contributed by atoms with Gasteiger partial charge in [0.1, 0.15) is 0 Å². The molecule has 0 saturated carbocycles. The Morgan fingerprint density at radius 3 is 2.58 bits per heavy atom. The van der Waals surface area contributed by atoms with E-state index in [9.17, 15) is 23.8 Å². The third-order valence-electron chi connectivity index (χ3n) is 3.58. The number of phosphoric acid groups is 1. The summed E-state index contributed by atoms with van der Waals surface area (Å²) >= 11 is 1.19. The molecule has 1 saturated heterocycles. The molecule has 0 aliphatic carbocycles. The summed E-state index contributed by atoms with van der Waals surface area (Å²) in [7, 11) is -4.23. The van der Waals surface area contributed by atoms with E-state index in [4.69, 9.17) is 9.05 Å². The first-order valence-corrected chi connectivity index (χ1v) is 10.9. The maximum absolute atomic E-state index is 12.2. The van der Waals surface area contributed by atoms with E-state index in [0.29, 0.717) is 18.7 Å². The molecule has 11 heteroatoms. The van der Waals surface area contributed by atoms with Gasteiger partial charge in [0, 0.05) is 37.1 Å². The molecule has 26 heavy (non-hydrogen) atoms. The topological polar surface area (TPSA) is 131 Å². The van der Waals surface area contributed by atoms with Crippen molar-refractivity contribution >= 4 is 36.5 Å². The summed E-state index contributed by atoms with van der Waals surface area (Å²) in [5, 5.41) is 5.30. The lowest BCUT2D eigenvalue weighted by Crippen LogP contribution is -2.49. The molecule has 9 nitrogen and oxygen atoms in total. The molecule has 0 bridgehead atoms. The van der Waals surface area contributed by atoms with Gasteiger partial charge in [0.2, 0.25) is 11.8 Å². The summed E-state index contributed by atoms with van der Waals surface area (Å²) in [4.78, 5) is 44.6. The number of amides is 2. The Bertz CT molecular complexity index is 570. The van der Waals surface area contributed by atoms with Crippen molar-refractivity contribution in [3.05, 3.63) is 0 Å². The zero-order valence-corrected chi connectivity index (χ0v) is 17.0. The first kappa shape index (κ1) is 23.1. The van der Waals surface area contributed by atoms with Gasteiger partial charge < -0.3 is 15.5 Å². The molecule has 1 fully saturated rings. The lowest BCUT2D eigenvalue weighted by atomic mass is 9.87. The van der Waals surface area contributed by atoms with Crippen molar-refractivity contribution in [2.75, 3.05) is 25.4 Å². The zero-order chi connectivity index (χ0) is 19.8. The molecule has 3 N–H and O–H groups in total. The summed E-state index contributed by atoms with van der Waals surface area (Å²) in [5.41, 5.74) is -0.773. The number of carbonyl (C=O) groups excluding carboxylic acids is 3. The Kier molecular flexibility index (Phi) is 9.26. The summed E-state index contributed by atoms with van der Waals surface area (Å²) < 4.78 is 21.1. The second kappa shape index (κ2) is 10.4. The second-order valence-corrected chi connectivity index (χ2v) is 9.14. The average Bonchev–Trinajstić information content (AvgIpc) is 2.54. The molecule has 0 aromatic carbocycles. The smallest absolute Gasteiger partial charge is 0.355 e. The van der Waals surface area contributed by atoms with E-state index >= 15 is 0 Å². The van der Waals surface area contributed by atoms with Crippen LogP contribution in [0.5, 0.6) is 0 Å². The number of carbonyl (C=O) groups is 3. The fraction of sp³-hybridized carbons (Fsp3) is 0.800. The Labute approximate surface area is 157 Å². The Morgan fingerprint density at radius 2 is 1.92 bits per heavy atom. The number of hydrogen-bond acceptors (Lipinski definition) is 7. The van der Waals surface area contributed by atoms with Gasteiger partial charge >= 0.3 is 7.82 Å². The third-order valence-corrected chi connectivity index (χ3v) is 5.45. The van der Waals surface area contributed by atoms with E-state index in [-0.39, 0.29) is 30.6 Å². The first-order valence-electron chi connectivity index (χ1n) is 8.43. The van der Waals surface area contributed by atoms with Crippen molar-refractivity contribution in [1.29, 1.82) is 0 Å². The fourth-order valence-corrected chi connectivity index (χ4v) is 4.13. The van der Waals surface area contributed by atoms with E-state index in [0.717, 1.165) is 6.42 Å². The van der Waals surface area contributed by atoms with Gasteiger partial charge in [-0.2, -0.15) is 0 Å². The average molecular weight is 410 g/mol. The van der Waals surface area contributed by atoms with Gasteiger partial charge in [0.25, 0.3) is 0 Å². The molecule has 2 atom stereocenters. The molecule has 0 aromatic rings. The Balaban J connectivity index is 2.27. The summed E-state index contributed by atoms with van der Waals surface area (Å²) in [6.07, 6.45) is 0.240. The first-order chi connectivity index (χ1) is 12.1. The quantitative estimate of drug-likeness (QED) is 0.382. The van der Waals surface area contributed by atoms with Crippen molar-refractivity contribution in [1.82, 2.24) is 10.6 Å². The standard InChI is InChI=1S/C15H27N2O7PS/c1-4-5-12(19)26-9-8-16-11(18)6-7-17-14(20)13-15(2,3)10-23-25(21,22)24-13/h13H,4-10H2,1-3H3,(H,16,18)(H,17,20)(H,21,22)/t13-/m0/s1. The van der Waals surface area contributed by atoms with Gasteiger partial charge in [0.15, 0.2) is 11.2 Å². The van der Waals surface area contributed by atoms with Crippen LogP contribution < -0.4 is 10.6 Å². The van der Waals surface area contributed by atoms with Crippen LogP contribution in [0.3, 0.4) is 0 Å². The molecular formula is C15H27N2O7PS. The second-order valence-electron chi connectivity index (χ2n) is 6.58. The zero-order valence-electron chi connectivity index (χ0n) is 15.3. The SMILES string of the molecule is CCCC(=O)SCCNC(=O)CCNC(=O)[C@@H]1OP(=O)(O)OCC1(C)C. The van der Waals surface area contributed by atoms with Crippen molar-refractivity contribution in [2.45, 2.75) is 46.1 Å². The van der Waals surface area contributed by atoms with Crippen molar-refractivity contribution in [2.24, 2.45) is 5.41 Å². The van der Waals surface area contributed by atoms with E-state index in [1.165, 1.54) is 11.8 Å². The molecule has 0 spiro atoms. The minimum Gasteiger partial charge on any atom is -0.355 e. The van der Waals surface area contributed by atoms with Gasteiger partial charge in [-0.1, -0.05) is 32.5 Å². The highest BCUT2D eigenvalue weighted by Gasteiger charge is 2.47. The van der Waals surface area contributed by atoms with Crippen molar-refractivity contribution in [3.63, 3.8) is 0 Å². The van der Waals surface area contributed by atoms with Crippen LogP contribution in [-0.2, 0) is 28.0 Å². The minimum atomic E-state index is -4.23. The lowest BCUT2D eigenvalue weighted by molar-refractivity contribution is -0.141. The molecular weight excluding hydrogens is 383 g/mol. The van der Waals surface area contributed by atoms with E-state index in [2.05, 4.69) is 10.6 Å². The highest BCUT2D eigenvalue weighted by molar-refractivity contribution is 8.13. The molecule has 150 valence electrons. The van der Waals surface area contributed by atoms with E-state index in [1.807, 2.05) is 6.92 Å². The lowest BCUT2D eigenvalue weighted by Gasteiger charge is -2.38. The Hall–Kier alpha value is -0.930. The predicted molar refractivity (Wildman–Crippen MR) is 97.4 cm³/mol. The molecule has 0 radical (unpaired) electrons. The fourth-order valence-electron chi connectivity index (χ4n) is 2.14. The molecule has 0 aromatic heterocycles. The molecule has 2 amide bonds. The van der Waals surface area contributed by atoms with Crippen LogP contribution in [0.2, 0.25) is 0 Å². The van der Waals surface area contributed by atoms with Crippen LogP contribution in [0.1, 0.15) is 40.0 Å². The normalized spacial score (nSPS) is 24.7. The van der Waals surface area contributed by atoms with Crippen LogP contribution in [0.25, 0.3) is 0 Å². The number of thioether (sulfide) groups is 1. The number of hydrogen-bond donors (Lipinski definition) is 3. The molecule has 1 rings (SSSR count). The van der Waals surface area contributed by atoms with Gasteiger partial charge in [-0.3, -0.25) is 23.4 Å². The van der Waals surface area contributed by atoms with E-state index in [1.54, 1.807) is 13.8 Å². The number of rotatable bonds is 9. The summed E-state index contributed by atoms with van der Waals surface area (Å²) in [6, 6.07) is 0. The van der Waals surface area contributed by atoms with Crippen LogP contribution >= 0.6 is 19.6 Å². The van der Waals surface area contributed by atoms with Crippen LogP contribution in [0.4, 0.5) is 0 Å². The van der Waals surface area contributed by atoms with Crippen LogP contribution in [0, 0.1) is 5.41 Å². The molecule has 1 heterocycles. The molecule has 1 aliphatic rings. The predicted octanol–water partition coefficient (Wildman–Crippen LogP) is 1.21. The van der Waals surface area contributed by atoms with Gasteiger partial charge in [-0.05, 0) is 6.42 Å². The van der Waals surface area contributed by atoms with Gasteiger partial charge in [-0.15, -0.1) is 0 Å². The summed E-state index contributed by atoms with van der Waals surface area (Å²) in [5.74, 6) is -0.317. The number of phosphoric ester groups is 1. The minimum absolute atomic E-state index is 0.0553. The van der Waals surface area contributed by atoms with Gasteiger partial charge in [0.05, 0.1) is 6.61 Å². The van der Waals surface area contributed by atoms with Crippen molar-refractivity contribution < 1.29 is 32.9 Å². The molecule has 1 unspecified atom stereocenters. The largest absolute Gasteiger partial charge is 0.472 e. The third kappa shape index (κ3) is 8.18. The maximum atomic E-state index is 12.2. The van der Waals surface area contributed by atoms with Crippen LogP contribution in [-0.4, -0.2) is 53.4 Å². The van der Waals surface area contributed by atoms with E-state index < -0.39 is 25.2 Å². The number of nitrogens with one attached hydrogen (secondary N) is 2. The van der Waals surface area contributed by atoms with Gasteiger partial charge in [-0.25, -0.2) is 4.57 Å². The maximum Gasteiger partial charge on any atom is 0.472 e. The van der Waals surface area contributed by atoms with Crippen LogP contribution in [0.15, 0.2) is 0 Å².